The van der Waals surface area contributed by atoms with Gasteiger partial charge in [-0.1, -0.05) is 60.7 Å². The Hall–Kier alpha value is -2.50. The quantitative estimate of drug-likeness (QED) is 0.903. The molecule has 0 radical (unpaired) electrons. The highest BCUT2D eigenvalue weighted by Gasteiger charge is 2.34. The van der Waals surface area contributed by atoms with Gasteiger partial charge in [0.25, 0.3) is 5.91 Å². The highest BCUT2D eigenvalue weighted by Crippen LogP contribution is 2.32. The average Bonchev–Trinajstić information content (AvgIpc) is 3.16. The monoisotopic (exact) mass is 350 g/mol. The van der Waals surface area contributed by atoms with E-state index in [-0.39, 0.29) is 11.9 Å². The Morgan fingerprint density at radius 3 is 2.38 bits per heavy atom. The number of quaternary nitrogens is 1. The van der Waals surface area contributed by atoms with Gasteiger partial charge in [0.2, 0.25) is 0 Å². The van der Waals surface area contributed by atoms with Crippen molar-refractivity contribution < 1.29 is 14.4 Å². The number of benzene rings is 2. The lowest BCUT2D eigenvalue weighted by atomic mass is 9.98. The summed E-state index contributed by atoms with van der Waals surface area (Å²) in [5.74, 6) is 0.0849. The summed E-state index contributed by atoms with van der Waals surface area (Å²) in [5.41, 5.74) is 3.19. The topological polar surface area (TPSA) is 46.3 Å². The zero-order valence-electron chi connectivity index (χ0n) is 14.8. The Morgan fingerprint density at radius 2 is 1.69 bits per heavy atom. The first-order chi connectivity index (χ1) is 12.8. The number of nitrogens with one attached hydrogen (secondary N) is 1. The van der Waals surface area contributed by atoms with E-state index in [0.717, 1.165) is 49.6 Å². The van der Waals surface area contributed by atoms with E-state index in [9.17, 15) is 4.79 Å². The molecule has 26 heavy (non-hydrogen) atoms. The van der Waals surface area contributed by atoms with Gasteiger partial charge in [-0.05, 0) is 11.1 Å². The molecule has 1 atom stereocenters. The fourth-order valence-electron chi connectivity index (χ4n) is 3.61. The molecule has 0 unspecified atom stereocenters. The van der Waals surface area contributed by atoms with Crippen molar-refractivity contribution >= 4 is 11.6 Å². The number of carbonyl (C=O) groups is 1. The molecule has 1 fully saturated rings. The molecule has 0 aliphatic carbocycles. The van der Waals surface area contributed by atoms with Gasteiger partial charge in [-0.25, -0.2) is 5.01 Å². The molecule has 0 spiro atoms. The summed E-state index contributed by atoms with van der Waals surface area (Å²) in [6.45, 7) is 3.68. The minimum absolute atomic E-state index is 0.0284. The largest absolute Gasteiger partial charge is 0.370 e. The summed E-state index contributed by atoms with van der Waals surface area (Å²) in [5, 5.41) is 6.45. The summed E-state index contributed by atoms with van der Waals surface area (Å²) in [6.07, 6.45) is 0.748. The van der Waals surface area contributed by atoms with E-state index in [1.165, 1.54) is 4.90 Å². The van der Waals surface area contributed by atoms with Crippen molar-refractivity contribution in [1.82, 2.24) is 5.01 Å². The van der Waals surface area contributed by atoms with Crippen LogP contribution in [0.15, 0.2) is 65.8 Å². The summed E-state index contributed by atoms with van der Waals surface area (Å²) in [4.78, 5) is 14.3. The second-order valence-electron chi connectivity index (χ2n) is 6.82. The van der Waals surface area contributed by atoms with Crippen molar-refractivity contribution in [1.29, 1.82) is 0 Å². The molecular weight excluding hydrogens is 326 g/mol. The molecule has 2 heterocycles. The van der Waals surface area contributed by atoms with E-state index in [1.54, 1.807) is 5.01 Å². The van der Waals surface area contributed by atoms with Crippen molar-refractivity contribution in [3.8, 4) is 0 Å². The van der Waals surface area contributed by atoms with Gasteiger partial charge in [0.15, 0.2) is 6.54 Å². The fourth-order valence-corrected chi connectivity index (χ4v) is 3.61. The number of ether oxygens (including phenoxy) is 1. The summed E-state index contributed by atoms with van der Waals surface area (Å²) in [7, 11) is 0. The molecule has 2 aromatic carbocycles. The number of rotatable bonds is 4. The zero-order chi connectivity index (χ0) is 17.8. The first kappa shape index (κ1) is 16.9. The molecule has 134 valence electrons. The number of hydrogen-bond donors (Lipinski definition) is 1. The van der Waals surface area contributed by atoms with Crippen LogP contribution in [0.25, 0.3) is 0 Å². The van der Waals surface area contributed by atoms with E-state index in [2.05, 4.69) is 24.3 Å². The Balaban J connectivity index is 1.58. The second kappa shape index (κ2) is 7.81. The van der Waals surface area contributed by atoms with Crippen LogP contribution < -0.4 is 4.90 Å². The minimum Gasteiger partial charge on any atom is -0.370 e. The smallest absolute Gasteiger partial charge is 0.298 e. The Bertz CT molecular complexity index is 770. The SMILES string of the molecule is O=C(C[NH+]1CCOCC1)N1N=C(c2ccccc2)C[C@H]1c1ccccc1. The van der Waals surface area contributed by atoms with Gasteiger partial charge in [0.1, 0.15) is 13.1 Å². The van der Waals surface area contributed by atoms with Gasteiger partial charge >= 0.3 is 0 Å². The normalized spacial score (nSPS) is 20.8. The lowest BCUT2D eigenvalue weighted by molar-refractivity contribution is -0.900. The molecule has 2 aromatic rings. The van der Waals surface area contributed by atoms with E-state index in [1.807, 2.05) is 36.4 Å². The fraction of sp³-hybridized carbons (Fsp3) is 0.333. The molecule has 1 saturated heterocycles. The number of carbonyl (C=O) groups excluding carboxylic acids is 1. The standard InChI is InChI=1S/C21H23N3O2/c25-21(16-23-11-13-26-14-12-23)24-20(18-9-5-2-6-10-18)15-19(22-24)17-7-3-1-4-8-17/h1-10,20H,11-16H2/p+1/t20-/m0/s1. The summed E-state index contributed by atoms with van der Waals surface area (Å²) < 4.78 is 5.40. The van der Waals surface area contributed by atoms with Crippen LogP contribution in [0.3, 0.4) is 0 Å². The maximum Gasteiger partial charge on any atom is 0.298 e. The third kappa shape index (κ3) is 3.69. The summed E-state index contributed by atoms with van der Waals surface area (Å²) >= 11 is 0. The highest BCUT2D eigenvalue weighted by molar-refractivity contribution is 6.03. The molecule has 2 aliphatic rings. The molecule has 2 aliphatic heterocycles. The van der Waals surface area contributed by atoms with E-state index in [4.69, 9.17) is 9.84 Å². The Kier molecular flexibility index (Phi) is 5.09. The van der Waals surface area contributed by atoms with Crippen LogP contribution in [0.2, 0.25) is 0 Å². The van der Waals surface area contributed by atoms with Gasteiger partial charge in [-0.2, -0.15) is 5.10 Å². The third-order valence-corrected chi connectivity index (χ3v) is 5.06. The second-order valence-corrected chi connectivity index (χ2v) is 6.82. The van der Waals surface area contributed by atoms with Gasteiger partial charge in [-0.15, -0.1) is 0 Å². The van der Waals surface area contributed by atoms with Crippen LogP contribution in [-0.4, -0.2) is 49.5 Å². The van der Waals surface area contributed by atoms with E-state index >= 15 is 0 Å². The first-order valence-electron chi connectivity index (χ1n) is 9.22. The van der Waals surface area contributed by atoms with Crippen LogP contribution in [0.4, 0.5) is 0 Å². The van der Waals surface area contributed by atoms with Gasteiger partial charge in [0, 0.05) is 6.42 Å². The number of amides is 1. The van der Waals surface area contributed by atoms with Gasteiger partial charge in [0.05, 0.1) is 25.0 Å². The molecule has 0 bridgehead atoms. The Labute approximate surface area is 153 Å². The molecule has 5 heteroatoms. The summed E-state index contributed by atoms with van der Waals surface area (Å²) in [6, 6.07) is 20.3. The predicted octanol–water partition coefficient (Wildman–Crippen LogP) is 1.28. The first-order valence-corrected chi connectivity index (χ1v) is 9.22. The van der Waals surface area contributed by atoms with Crippen molar-refractivity contribution in [2.45, 2.75) is 12.5 Å². The Morgan fingerprint density at radius 1 is 1.04 bits per heavy atom. The molecule has 0 saturated carbocycles. The van der Waals surface area contributed by atoms with Crippen LogP contribution >= 0.6 is 0 Å². The minimum atomic E-state index is -0.0284. The molecule has 5 nitrogen and oxygen atoms in total. The number of hydrogen-bond acceptors (Lipinski definition) is 3. The highest BCUT2D eigenvalue weighted by atomic mass is 16.5. The number of nitrogens with zero attached hydrogens (tertiary/aromatic N) is 2. The third-order valence-electron chi connectivity index (χ3n) is 5.06. The molecule has 1 amide bonds. The molecule has 4 rings (SSSR count). The van der Waals surface area contributed by atoms with Crippen LogP contribution in [-0.2, 0) is 9.53 Å². The zero-order valence-corrected chi connectivity index (χ0v) is 14.8. The van der Waals surface area contributed by atoms with Crippen molar-refractivity contribution in [2.75, 3.05) is 32.8 Å². The van der Waals surface area contributed by atoms with Crippen LogP contribution in [0.5, 0.6) is 0 Å². The van der Waals surface area contributed by atoms with Crippen molar-refractivity contribution in [2.24, 2.45) is 5.10 Å². The number of morpholine rings is 1. The number of hydrazone groups is 1. The lowest BCUT2D eigenvalue weighted by Crippen LogP contribution is -3.15. The molecule has 0 aromatic heterocycles. The van der Waals surface area contributed by atoms with Crippen LogP contribution in [0, 0.1) is 0 Å². The molecular formula is C21H24N3O2+. The van der Waals surface area contributed by atoms with Gasteiger partial charge in [-0.3, -0.25) is 4.79 Å². The maximum absolute atomic E-state index is 13.0. The van der Waals surface area contributed by atoms with E-state index < -0.39 is 0 Å². The maximum atomic E-state index is 13.0. The predicted molar refractivity (Wildman–Crippen MR) is 100 cm³/mol. The average molecular weight is 350 g/mol. The van der Waals surface area contributed by atoms with Crippen LogP contribution in [0.1, 0.15) is 23.6 Å². The molecule has 1 N–H and O–H groups in total. The lowest BCUT2D eigenvalue weighted by Gasteiger charge is -2.27. The van der Waals surface area contributed by atoms with Crippen molar-refractivity contribution in [3.63, 3.8) is 0 Å². The van der Waals surface area contributed by atoms with E-state index in [0.29, 0.717) is 6.54 Å². The van der Waals surface area contributed by atoms with Gasteiger partial charge < -0.3 is 9.64 Å². The van der Waals surface area contributed by atoms with Crippen molar-refractivity contribution in [3.05, 3.63) is 71.8 Å².